The van der Waals surface area contributed by atoms with Crippen LogP contribution in [0.5, 0.6) is 0 Å². The molecule has 0 unspecified atom stereocenters. The highest BCUT2D eigenvalue weighted by Gasteiger charge is 2.04. The largest absolute Gasteiger partial charge is 0.265 e. The quantitative estimate of drug-likeness (QED) is 0.137. The van der Waals surface area contributed by atoms with E-state index in [1.165, 1.54) is 5.56 Å². The van der Waals surface area contributed by atoms with Gasteiger partial charge in [0.1, 0.15) is 29.0 Å². The SMILES string of the molecule is Cc1ccc(-c2ccncc2)nc1.Cc1cnc(-c2ccccc2)nc1.Cc1cnc(-c2ccccn2)nc1.Cc1cnc(-c2cccnc2)nc1.Cc1ncc(-c2ccccc2)cn1.Cc1ncc(-c2ccccn2)cn1.Cc1ncc(-c2cccnc2)cn1.Cc1ncc(-c2ccncc2)cn1. The van der Waals surface area contributed by atoms with E-state index < -0.39 is 0 Å². The lowest BCUT2D eigenvalue weighted by Gasteiger charge is -1.99. The number of hydrogen-bond acceptors (Lipinski definition) is 21. The maximum absolute atomic E-state index is 4.32. The van der Waals surface area contributed by atoms with E-state index in [2.05, 4.69) is 111 Å². The fraction of sp³-hybridized carbons (Fsp3) is 0.0964. The van der Waals surface area contributed by atoms with Crippen LogP contribution in [-0.4, -0.2) is 105 Å². The van der Waals surface area contributed by atoms with Crippen molar-refractivity contribution in [1.29, 1.82) is 0 Å². The number of benzene rings is 2. The normalized spacial score (nSPS) is 9.92. The molecular formula is C83H75N21. The highest BCUT2D eigenvalue weighted by atomic mass is 14.9. The van der Waals surface area contributed by atoms with E-state index in [1.54, 1.807) is 112 Å². The molecular weight excluding hydrogens is 1290 g/mol. The van der Waals surface area contributed by atoms with E-state index in [9.17, 15) is 0 Å². The third-order valence-electron chi connectivity index (χ3n) is 14.3. The predicted octanol–water partition coefficient (Wildman–Crippen LogP) is 16.6. The second-order valence-electron chi connectivity index (χ2n) is 22.7. The van der Waals surface area contributed by atoms with Crippen molar-refractivity contribution in [3.05, 3.63) is 358 Å². The van der Waals surface area contributed by atoms with Crippen LogP contribution in [0.15, 0.2) is 313 Å². The van der Waals surface area contributed by atoms with Gasteiger partial charge in [0, 0.05) is 199 Å². The minimum absolute atomic E-state index is 0.672. The van der Waals surface area contributed by atoms with Crippen LogP contribution < -0.4 is 0 Å². The van der Waals surface area contributed by atoms with Crippen LogP contribution in [0.25, 0.3) is 90.2 Å². The van der Waals surface area contributed by atoms with E-state index in [4.69, 9.17) is 0 Å². The van der Waals surface area contributed by atoms with Crippen molar-refractivity contribution in [3.8, 4) is 90.2 Å². The van der Waals surface area contributed by atoms with Crippen LogP contribution in [0.3, 0.4) is 0 Å². The minimum Gasteiger partial charge on any atom is -0.265 e. The van der Waals surface area contributed by atoms with E-state index in [0.717, 1.165) is 124 Å². The zero-order valence-corrected chi connectivity index (χ0v) is 58.8. The molecule has 0 atom stereocenters. The van der Waals surface area contributed by atoms with Crippen molar-refractivity contribution in [2.24, 2.45) is 0 Å². The molecule has 0 radical (unpaired) electrons. The molecule has 2 aromatic carbocycles. The summed E-state index contributed by atoms with van der Waals surface area (Å²) in [6.07, 6.45) is 44.8. The Morgan fingerprint density at radius 3 is 0.894 bits per heavy atom. The van der Waals surface area contributed by atoms with E-state index >= 15 is 0 Å². The van der Waals surface area contributed by atoms with Gasteiger partial charge in [-0.2, -0.15) is 0 Å². The molecule has 21 heteroatoms. The highest BCUT2D eigenvalue weighted by Crippen LogP contribution is 2.20. The summed E-state index contributed by atoms with van der Waals surface area (Å²) in [5, 5.41) is 0. The van der Waals surface area contributed by atoms with Crippen molar-refractivity contribution in [2.75, 3.05) is 0 Å². The van der Waals surface area contributed by atoms with Gasteiger partial charge in [-0.1, -0.05) is 84.9 Å². The topological polar surface area (TPSA) is 271 Å². The van der Waals surface area contributed by atoms with Crippen molar-refractivity contribution in [3.63, 3.8) is 0 Å². The van der Waals surface area contributed by atoms with Crippen molar-refractivity contribution in [2.45, 2.75) is 55.4 Å². The molecule has 16 aromatic rings. The van der Waals surface area contributed by atoms with Gasteiger partial charge >= 0.3 is 0 Å². The molecule has 0 aliphatic carbocycles. The molecule has 0 spiro atoms. The van der Waals surface area contributed by atoms with E-state index in [0.29, 0.717) is 5.82 Å². The Labute approximate surface area is 605 Å². The van der Waals surface area contributed by atoms with Crippen molar-refractivity contribution < 1.29 is 0 Å². The molecule has 0 aliphatic rings. The molecule has 0 saturated heterocycles. The Bertz CT molecular complexity index is 4010. The summed E-state index contributed by atoms with van der Waals surface area (Å²) in [6, 6.07) is 51.1. The van der Waals surface area contributed by atoms with Gasteiger partial charge in [0.05, 0.1) is 11.4 Å². The van der Waals surface area contributed by atoms with Crippen LogP contribution in [0.2, 0.25) is 0 Å². The molecule has 21 nitrogen and oxygen atoms in total. The lowest BCUT2D eigenvalue weighted by Crippen LogP contribution is -1.90. The summed E-state index contributed by atoms with van der Waals surface area (Å²) in [5.41, 5.74) is 17.5. The standard InChI is InChI=1S/3C11H10N2.5C10H9N3/c1-9-2-3-11(13-8-9)10-4-6-12-7-5-10;1-9-12-7-11(8-13-9)10-5-3-2-4-6-10;1-9-7-12-11(13-8-9)10-5-3-2-4-6-10;1-8-12-6-10(7-13-8)9-2-4-11-5-3-9;1-8-12-6-10(7-13-8)9-3-2-4-11-5-9;1-8-5-12-10(13-6-8)9-3-2-4-11-7-9;1-8-12-6-9(7-13-8)10-4-2-3-5-11-10;1-8-6-12-10(13-7-8)9-4-2-3-5-11-9/h3*2-8H,1H3;5*2-7H,1H3. The highest BCUT2D eigenvalue weighted by molar-refractivity contribution is 5.63. The van der Waals surface area contributed by atoms with Gasteiger partial charge in [0.15, 0.2) is 17.5 Å². The van der Waals surface area contributed by atoms with Crippen LogP contribution in [0, 0.1) is 55.4 Å². The number of aryl methyl sites for hydroxylation is 8. The molecule has 104 heavy (non-hydrogen) atoms. The van der Waals surface area contributed by atoms with Gasteiger partial charge in [0.2, 0.25) is 0 Å². The molecule has 0 N–H and O–H groups in total. The summed E-state index contributed by atoms with van der Waals surface area (Å²) < 4.78 is 0. The maximum atomic E-state index is 4.32. The maximum Gasteiger partial charge on any atom is 0.178 e. The minimum atomic E-state index is 0.672. The zero-order chi connectivity index (χ0) is 72.8. The first-order valence-corrected chi connectivity index (χ1v) is 32.9. The molecule has 14 heterocycles. The van der Waals surface area contributed by atoms with Crippen LogP contribution >= 0.6 is 0 Å². The lowest BCUT2D eigenvalue weighted by molar-refractivity contribution is 1.05. The molecule has 0 amide bonds. The first kappa shape index (κ1) is 74.3. The summed E-state index contributed by atoms with van der Waals surface area (Å²) in [7, 11) is 0. The molecule has 512 valence electrons. The molecule has 16 rings (SSSR count). The molecule has 0 fully saturated rings. The Kier molecular flexibility index (Phi) is 29.2. The fourth-order valence-electron chi connectivity index (χ4n) is 8.74. The Morgan fingerprint density at radius 2 is 0.490 bits per heavy atom. The molecule has 14 aromatic heterocycles. The van der Waals surface area contributed by atoms with Gasteiger partial charge in [-0.15, -0.1) is 0 Å². The van der Waals surface area contributed by atoms with Crippen LogP contribution in [-0.2, 0) is 0 Å². The lowest BCUT2D eigenvalue weighted by atomic mass is 10.1. The van der Waals surface area contributed by atoms with E-state index in [-0.39, 0.29) is 0 Å². The predicted molar refractivity (Wildman–Crippen MR) is 407 cm³/mol. The first-order valence-electron chi connectivity index (χ1n) is 32.9. The second kappa shape index (κ2) is 40.8. The van der Waals surface area contributed by atoms with Crippen molar-refractivity contribution >= 4 is 0 Å². The molecule has 0 saturated carbocycles. The molecule has 0 bridgehead atoms. The number of hydrogen-bond donors (Lipinski definition) is 0. The van der Waals surface area contributed by atoms with Crippen molar-refractivity contribution in [1.82, 2.24) is 105 Å². The van der Waals surface area contributed by atoms with Crippen LogP contribution in [0.4, 0.5) is 0 Å². The average molecular weight is 1370 g/mol. The number of nitrogens with zero attached hydrogens (tertiary/aromatic N) is 21. The summed E-state index contributed by atoms with van der Waals surface area (Å²) >= 11 is 0. The number of pyridine rings is 7. The molecule has 0 aliphatic heterocycles. The van der Waals surface area contributed by atoms with Gasteiger partial charge < -0.3 is 0 Å². The van der Waals surface area contributed by atoms with Gasteiger partial charge in [-0.25, -0.2) is 69.8 Å². The monoisotopic (exact) mass is 1370 g/mol. The second-order valence-corrected chi connectivity index (χ2v) is 22.7. The summed E-state index contributed by atoms with van der Waals surface area (Å²) in [4.78, 5) is 86.8. The number of rotatable bonds is 8. The first-order chi connectivity index (χ1) is 50.9. The Hall–Kier alpha value is -14.0. The fourth-order valence-corrected chi connectivity index (χ4v) is 8.74. The smallest absolute Gasteiger partial charge is 0.178 e. The summed E-state index contributed by atoms with van der Waals surface area (Å²) in [5.74, 6) is 5.33. The zero-order valence-electron chi connectivity index (χ0n) is 58.8. The van der Waals surface area contributed by atoms with Gasteiger partial charge in [0.25, 0.3) is 0 Å². The number of aromatic nitrogens is 21. The Morgan fingerprint density at radius 1 is 0.154 bits per heavy atom. The van der Waals surface area contributed by atoms with E-state index in [1.807, 2.05) is 250 Å². The Balaban J connectivity index is 0.000000138. The summed E-state index contributed by atoms with van der Waals surface area (Å²) in [6.45, 7) is 15.4. The van der Waals surface area contributed by atoms with Gasteiger partial charge in [-0.05, 0) is 162 Å². The van der Waals surface area contributed by atoms with Crippen LogP contribution in [0.1, 0.15) is 45.6 Å². The van der Waals surface area contributed by atoms with Gasteiger partial charge in [-0.3, -0.25) is 34.9 Å². The average Bonchev–Trinajstić information content (AvgIpc) is 0.972. The third kappa shape index (κ3) is 25.4. The third-order valence-corrected chi connectivity index (χ3v) is 14.3.